The lowest BCUT2D eigenvalue weighted by atomic mass is 10.2. The van der Waals surface area contributed by atoms with Gasteiger partial charge < -0.3 is 10.0 Å². The van der Waals surface area contributed by atoms with Gasteiger partial charge >= 0.3 is 5.97 Å². The number of hydrogen-bond acceptors (Lipinski definition) is 4. The number of nitrogens with zero attached hydrogens (tertiary/aromatic N) is 1. The molecule has 0 heterocycles. The largest absolute Gasteiger partial charge is 0.481 e. The molecule has 1 saturated carbocycles. The fraction of sp³-hybridized carbons (Fsp3) is 0.818. The highest BCUT2D eigenvalue weighted by atomic mass is 32.2. The van der Waals surface area contributed by atoms with Gasteiger partial charge in [-0.3, -0.25) is 9.59 Å². The predicted molar refractivity (Wildman–Crippen MR) is 65.8 cm³/mol. The van der Waals surface area contributed by atoms with E-state index in [1.807, 2.05) is 0 Å². The van der Waals surface area contributed by atoms with Crippen LogP contribution >= 0.6 is 0 Å². The quantitative estimate of drug-likeness (QED) is 0.737. The van der Waals surface area contributed by atoms with Crippen molar-refractivity contribution in [3.05, 3.63) is 0 Å². The van der Waals surface area contributed by atoms with Crippen molar-refractivity contribution in [3.8, 4) is 0 Å². The van der Waals surface area contributed by atoms with Crippen LogP contribution in [0.4, 0.5) is 0 Å². The minimum Gasteiger partial charge on any atom is -0.481 e. The molecule has 1 aliphatic rings. The third-order valence-corrected chi connectivity index (χ3v) is 5.24. The Kier molecular flexibility index (Phi) is 4.37. The summed E-state index contributed by atoms with van der Waals surface area (Å²) in [5, 5.41) is 8.75. The highest BCUT2D eigenvalue weighted by molar-refractivity contribution is 7.91. The first-order valence-corrected chi connectivity index (χ1v) is 7.71. The highest BCUT2D eigenvalue weighted by Crippen LogP contribution is 2.40. The lowest BCUT2D eigenvalue weighted by Gasteiger charge is -2.24. The Labute approximate surface area is 107 Å². The molecule has 0 aromatic carbocycles. The third kappa shape index (κ3) is 3.44. The van der Waals surface area contributed by atoms with Crippen LogP contribution in [0.15, 0.2) is 0 Å². The van der Waals surface area contributed by atoms with E-state index in [-0.39, 0.29) is 17.4 Å². The molecule has 3 atom stereocenters. The minimum atomic E-state index is -3.14. The first-order chi connectivity index (χ1) is 8.19. The van der Waals surface area contributed by atoms with E-state index in [1.165, 1.54) is 11.9 Å². The first kappa shape index (κ1) is 14.9. The summed E-state index contributed by atoms with van der Waals surface area (Å²) in [4.78, 5) is 23.9. The number of carbonyl (C=O) groups excluding carboxylic acids is 1. The van der Waals surface area contributed by atoms with Gasteiger partial charge in [0.05, 0.1) is 17.6 Å². The summed E-state index contributed by atoms with van der Waals surface area (Å²) >= 11 is 0. The third-order valence-electron chi connectivity index (χ3n) is 3.37. The maximum absolute atomic E-state index is 11.9. The maximum atomic E-state index is 11.9. The molecule has 0 spiro atoms. The Bertz CT molecular complexity index is 444. The van der Waals surface area contributed by atoms with Gasteiger partial charge in [-0.05, 0) is 13.3 Å². The van der Waals surface area contributed by atoms with Crippen LogP contribution in [0.25, 0.3) is 0 Å². The molecule has 0 radical (unpaired) electrons. The standard InChI is InChI=1S/C11H19NO5S/c1-4-18(16,17)6-7(2)12(3)10(13)8-5-9(8)11(14)15/h7-9H,4-6H2,1-3H3,(H,14,15). The molecule has 1 amide bonds. The van der Waals surface area contributed by atoms with Crippen molar-refractivity contribution in [2.45, 2.75) is 26.3 Å². The van der Waals surface area contributed by atoms with Gasteiger partial charge in [-0.2, -0.15) is 0 Å². The van der Waals surface area contributed by atoms with E-state index in [9.17, 15) is 18.0 Å². The molecule has 0 aromatic rings. The smallest absolute Gasteiger partial charge is 0.307 e. The number of rotatable bonds is 6. The number of sulfone groups is 1. The van der Waals surface area contributed by atoms with E-state index in [0.29, 0.717) is 6.42 Å². The molecule has 1 fully saturated rings. The first-order valence-electron chi connectivity index (χ1n) is 5.89. The molecule has 18 heavy (non-hydrogen) atoms. The second-order valence-electron chi connectivity index (χ2n) is 4.78. The van der Waals surface area contributed by atoms with Crippen molar-refractivity contribution in [1.29, 1.82) is 0 Å². The lowest BCUT2D eigenvalue weighted by molar-refractivity contribution is -0.142. The van der Waals surface area contributed by atoms with E-state index < -0.39 is 33.7 Å². The van der Waals surface area contributed by atoms with Crippen LogP contribution < -0.4 is 0 Å². The van der Waals surface area contributed by atoms with Gasteiger partial charge in [0.1, 0.15) is 0 Å². The monoisotopic (exact) mass is 277 g/mol. The fourth-order valence-corrected chi connectivity index (χ4v) is 3.01. The van der Waals surface area contributed by atoms with Crippen LogP contribution in [0.5, 0.6) is 0 Å². The second kappa shape index (κ2) is 5.26. The number of carbonyl (C=O) groups is 2. The van der Waals surface area contributed by atoms with E-state index in [0.717, 1.165) is 0 Å². The summed E-state index contributed by atoms with van der Waals surface area (Å²) in [6.07, 6.45) is 0.353. The normalized spacial score (nSPS) is 24.4. The summed E-state index contributed by atoms with van der Waals surface area (Å²) in [5.74, 6) is -2.37. The SMILES string of the molecule is CCS(=O)(=O)CC(C)N(C)C(=O)C1CC1C(=O)O. The van der Waals surface area contributed by atoms with Crippen LogP contribution in [0.2, 0.25) is 0 Å². The minimum absolute atomic E-state index is 0.0422. The fourth-order valence-electron chi connectivity index (χ4n) is 1.82. The van der Waals surface area contributed by atoms with E-state index >= 15 is 0 Å². The zero-order valence-corrected chi connectivity index (χ0v) is 11.6. The Morgan fingerprint density at radius 3 is 2.33 bits per heavy atom. The Hall–Kier alpha value is -1.11. The van der Waals surface area contributed by atoms with Crippen LogP contribution in [0.1, 0.15) is 20.3 Å². The average Bonchev–Trinajstić information content (AvgIpc) is 3.06. The van der Waals surface area contributed by atoms with Crippen molar-refractivity contribution >= 4 is 21.7 Å². The van der Waals surface area contributed by atoms with Crippen molar-refractivity contribution in [1.82, 2.24) is 4.90 Å². The van der Waals surface area contributed by atoms with Crippen LogP contribution in [-0.2, 0) is 19.4 Å². The molecule has 6 nitrogen and oxygen atoms in total. The zero-order chi connectivity index (χ0) is 14.1. The van der Waals surface area contributed by atoms with Gasteiger partial charge in [-0.15, -0.1) is 0 Å². The number of carboxylic acid groups (broad SMARTS) is 1. The van der Waals surface area contributed by atoms with Gasteiger partial charge in [0.2, 0.25) is 5.91 Å². The van der Waals surface area contributed by atoms with E-state index in [2.05, 4.69) is 0 Å². The summed E-state index contributed by atoms with van der Waals surface area (Å²) in [6, 6.07) is -0.433. The Balaban J connectivity index is 2.57. The van der Waals surface area contributed by atoms with Gasteiger partial charge in [-0.25, -0.2) is 8.42 Å². The summed E-state index contributed by atoms with van der Waals surface area (Å²) in [7, 11) is -1.62. The van der Waals surface area contributed by atoms with E-state index in [1.54, 1.807) is 13.8 Å². The molecule has 1 rings (SSSR count). The molecule has 0 bridgehead atoms. The molecule has 7 heteroatoms. The number of aliphatic carboxylic acids is 1. The molecular formula is C11H19NO5S. The van der Waals surface area contributed by atoms with Crippen LogP contribution in [0, 0.1) is 11.8 Å². The molecule has 104 valence electrons. The lowest BCUT2D eigenvalue weighted by Crippen LogP contribution is -2.41. The molecule has 3 unspecified atom stereocenters. The van der Waals surface area contributed by atoms with Gasteiger partial charge in [0.25, 0.3) is 0 Å². The molecule has 1 N–H and O–H groups in total. The molecule has 0 aromatic heterocycles. The van der Waals surface area contributed by atoms with Crippen LogP contribution in [-0.4, -0.2) is 54.9 Å². The van der Waals surface area contributed by atoms with Gasteiger partial charge in [0.15, 0.2) is 9.84 Å². The Morgan fingerprint density at radius 2 is 1.94 bits per heavy atom. The van der Waals surface area contributed by atoms with Gasteiger partial charge in [0, 0.05) is 18.8 Å². The summed E-state index contributed by atoms with van der Waals surface area (Å²) < 4.78 is 22.9. The second-order valence-corrected chi connectivity index (χ2v) is 7.18. The number of amides is 1. The highest BCUT2D eigenvalue weighted by Gasteiger charge is 2.49. The number of hydrogen-bond donors (Lipinski definition) is 1. The predicted octanol–water partition coefficient (Wildman–Crippen LogP) is -0.0113. The van der Waals surface area contributed by atoms with Crippen molar-refractivity contribution in [3.63, 3.8) is 0 Å². The summed E-state index contributed by atoms with van der Waals surface area (Å²) in [5.41, 5.74) is 0. The van der Waals surface area contributed by atoms with Gasteiger partial charge in [-0.1, -0.05) is 6.92 Å². The number of carboxylic acids is 1. The average molecular weight is 277 g/mol. The topological polar surface area (TPSA) is 91.8 Å². The maximum Gasteiger partial charge on any atom is 0.307 e. The Morgan fingerprint density at radius 1 is 1.39 bits per heavy atom. The molecular weight excluding hydrogens is 258 g/mol. The molecule has 0 saturated heterocycles. The zero-order valence-electron chi connectivity index (χ0n) is 10.8. The van der Waals surface area contributed by atoms with Crippen molar-refractivity contribution in [2.24, 2.45) is 11.8 Å². The summed E-state index contributed by atoms with van der Waals surface area (Å²) in [6.45, 7) is 3.22. The van der Waals surface area contributed by atoms with Crippen molar-refractivity contribution < 1.29 is 23.1 Å². The van der Waals surface area contributed by atoms with Crippen LogP contribution in [0.3, 0.4) is 0 Å². The molecule has 1 aliphatic carbocycles. The van der Waals surface area contributed by atoms with E-state index in [4.69, 9.17) is 5.11 Å². The molecule has 0 aliphatic heterocycles. The van der Waals surface area contributed by atoms with Crippen molar-refractivity contribution in [2.75, 3.05) is 18.6 Å².